The van der Waals surface area contributed by atoms with Crippen LogP contribution in [0.1, 0.15) is 16.1 Å². The molecule has 0 radical (unpaired) electrons. The predicted octanol–water partition coefficient (Wildman–Crippen LogP) is 3.64. The molecule has 0 spiro atoms. The Labute approximate surface area is 119 Å². The van der Waals surface area contributed by atoms with Gasteiger partial charge in [-0.3, -0.25) is 0 Å². The number of aryl methyl sites for hydroxylation is 1. The summed E-state index contributed by atoms with van der Waals surface area (Å²) in [5, 5.41) is 9.60. The number of benzene rings is 1. The van der Waals surface area contributed by atoms with Crippen LogP contribution in [0.25, 0.3) is 11.3 Å². The molecule has 3 N–H and O–H groups in total. The Hall–Kier alpha value is -1.78. The van der Waals surface area contributed by atoms with E-state index in [0.29, 0.717) is 10.7 Å². The van der Waals surface area contributed by atoms with E-state index in [4.69, 9.17) is 34.0 Å². The second-order valence-electron chi connectivity index (χ2n) is 4.02. The van der Waals surface area contributed by atoms with Crippen molar-refractivity contribution in [3.05, 3.63) is 45.6 Å². The topological polar surface area (TPSA) is 76.2 Å². The highest BCUT2D eigenvalue weighted by Gasteiger charge is 2.16. The van der Waals surface area contributed by atoms with Crippen LogP contribution in [0.3, 0.4) is 0 Å². The van der Waals surface area contributed by atoms with Crippen molar-refractivity contribution >= 4 is 34.9 Å². The number of nitrogen functional groups attached to an aromatic ring is 1. The third-order valence-electron chi connectivity index (χ3n) is 2.65. The summed E-state index contributed by atoms with van der Waals surface area (Å²) < 4.78 is 0. The summed E-state index contributed by atoms with van der Waals surface area (Å²) in [6, 6.07) is 6.78. The molecule has 0 unspecified atom stereocenters. The maximum Gasteiger partial charge on any atom is 0.356 e. The van der Waals surface area contributed by atoms with Crippen molar-refractivity contribution in [1.82, 2.24) is 4.98 Å². The minimum atomic E-state index is -1.22. The zero-order chi connectivity index (χ0) is 14.2. The van der Waals surface area contributed by atoms with Crippen molar-refractivity contribution in [2.75, 3.05) is 5.73 Å². The Morgan fingerprint density at radius 1 is 1.32 bits per heavy atom. The average molecular weight is 297 g/mol. The van der Waals surface area contributed by atoms with Gasteiger partial charge in [-0.2, -0.15) is 0 Å². The maximum atomic E-state index is 11.1. The molecule has 0 amide bonds. The van der Waals surface area contributed by atoms with Gasteiger partial charge in [0.05, 0.1) is 16.4 Å². The number of pyridine rings is 1. The second-order valence-corrected chi connectivity index (χ2v) is 4.84. The van der Waals surface area contributed by atoms with E-state index in [1.165, 1.54) is 0 Å². The molecule has 2 aromatic rings. The van der Waals surface area contributed by atoms with Crippen molar-refractivity contribution in [2.45, 2.75) is 6.92 Å². The number of rotatable bonds is 2. The summed E-state index contributed by atoms with van der Waals surface area (Å²) in [7, 11) is 0. The minimum Gasteiger partial charge on any atom is -0.476 e. The smallest absolute Gasteiger partial charge is 0.356 e. The van der Waals surface area contributed by atoms with E-state index in [1.54, 1.807) is 24.3 Å². The first-order valence-corrected chi connectivity index (χ1v) is 6.11. The number of anilines is 1. The first-order chi connectivity index (χ1) is 8.90. The van der Waals surface area contributed by atoms with E-state index >= 15 is 0 Å². The number of carboxylic acid groups (broad SMARTS) is 1. The quantitative estimate of drug-likeness (QED) is 0.887. The van der Waals surface area contributed by atoms with Gasteiger partial charge >= 0.3 is 5.97 Å². The Morgan fingerprint density at radius 3 is 2.58 bits per heavy atom. The molecule has 0 fully saturated rings. The third kappa shape index (κ3) is 2.64. The summed E-state index contributed by atoms with van der Waals surface area (Å²) >= 11 is 11.7. The van der Waals surface area contributed by atoms with E-state index in [2.05, 4.69) is 4.98 Å². The van der Waals surface area contributed by atoms with Crippen LogP contribution in [-0.4, -0.2) is 16.1 Å². The van der Waals surface area contributed by atoms with Crippen molar-refractivity contribution in [1.29, 1.82) is 0 Å². The number of hydrogen-bond donors (Lipinski definition) is 2. The number of carbonyl (C=O) groups is 1. The fourth-order valence-corrected chi connectivity index (χ4v) is 2.15. The molecule has 0 aliphatic carbocycles. The van der Waals surface area contributed by atoms with Crippen LogP contribution >= 0.6 is 23.2 Å². The standard InChI is InChI=1S/C13H10Cl2N2O2/c1-6-4-7(14)2-3-8(6)10-5-9(16)11(15)12(17-10)13(18)19/h2-5H,1H3,(H2,16,17)(H,18,19). The van der Waals surface area contributed by atoms with Crippen molar-refractivity contribution < 1.29 is 9.90 Å². The van der Waals surface area contributed by atoms with E-state index in [-0.39, 0.29) is 16.4 Å². The molecule has 0 aliphatic rings. The number of aromatic nitrogens is 1. The highest BCUT2D eigenvalue weighted by Crippen LogP contribution is 2.30. The molecule has 6 heteroatoms. The van der Waals surface area contributed by atoms with Crippen LogP contribution in [0.15, 0.2) is 24.3 Å². The molecule has 0 aliphatic heterocycles. The molecule has 1 aromatic carbocycles. The number of nitrogens with two attached hydrogens (primary N) is 1. The Bertz CT molecular complexity index is 672. The third-order valence-corrected chi connectivity index (χ3v) is 3.29. The molecule has 1 heterocycles. The highest BCUT2D eigenvalue weighted by molar-refractivity contribution is 6.35. The molecule has 0 saturated carbocycles. The monoisotopic (exact) mass is 296 g/mol. The first-order valence-electron chi connectivity index (χ1n) is 5.36. The lowest BCUT2D eigenvalue weighted by atomic mass is 10.0. The van der Waals surface area contributed by atoms with Crippen LogP contribution < -0.4 is 5.73 Å². The van der Waals surface area contributed by atoms with Gasteiger partial charge < -0.3 is 10.8 Å². The molecular weight excluding hydrogens is 287 g/mol. The summed E-state index contributed by atoms with van der Waals surface area (Å²) in [6.45, 7) is 1.86. The van der Waals surface area contributed by atoms with Crippen molar-refractivity contribution in [3.8, 4) is 11.3 Å². The van der Waals surface area contributed by atoms with E-state index in [9.17, 15) is 4.79 Å². The van der Waals surface area contributed by atoms with Crippen LogP contribution in [0.5, 0.6) is 0 Å². The molecule has 1 aromatic heterocycles. The lowest BCUT2D eigenvalue weighted by Crippen LogP contribution is -2.05. The van der Waals surface area contributed by atoms with Gasteiger partial charge in [0, 0.05) is 10.6 Å². The average Bonchev–Trinajstić information content (AvgIpc) is 2.32. The van der Waals surface area contributed by atoms with Crippen LogP contribution in [0.2, 0.25) is 10.0 Å². The number of nitrogens with zero attached hydrogens (tertiary/aromatic N) is 1. The minimum absolute atomic E-state index is 0.0529. The summed E-state index contributed by atoms with van der Waals surface area (Å²) in [5.74, 6) is -1.22. The van der Waals surface area contributed by atoms with Gasteiger partial charge in [-0.15, -0.1) is 0 Å². The number of hydrogen-bond acceptors (Lipinski definition) is 3. The zero-order valence-corrected chi connectivity index (χ0v) is 11.5. The van der Waals surface area contributed by atoms with Crippen molar-refractivity contribution in [2.24, 2.45) is 0 Å². The highest BCUT2D eigenvalue weighted by atomic mass is 35.5. The Kier molecular flexibility index (Phi) is 3.64. The van der Waals surface area contributed by atoms with Crippen LogP contribution in [0, 0.1) is 6.92 Å². The van der Waals surface area contributed by atoms with Crippen LogP contribution in [0.4, 0.5) is 5.69 Å². The maximum absolute atomic E-state index is 11.1. The second kappa shape index (κ2) is 5.07. The molecule has 0 saturated heterocycles. The molecule has 4 nitrogen and oxygen atoms in total. The first kappa shape index (κ1) is 13.6. The predicted molar refractivity (Wildman–Crippen MR) is 75.8 cm³/mol. The van der Waals surface area contributed by atoms with Gasteiger partial charge in [0.2, 0.25) is 0 Å². The molecule has 0 atom stereocenters. The largest absolute Gasteiger partial charge is 0.476 e. The number of aromatic carboxylic acids is 1. The van der Waals surface area contributed by atoms with E-state index in [0.717, 1.165) is 11.1 Å². The summed E-state index contributed by atoms with van der Waals surface area (Å²) in [5.41, 5.74) is 7.72. The van der Waals surface area contributed by atoms with Gasteiger partial charge in [0.25, 0.3) is 0 Å². The van der Waals surface area contributed by atoms with Gasteiger partial charge in [0.15, 0.2) is 5.69 Å². The van der Waals surface area contributed by atoms with Gasteiger partial charge in [-0.25, -0.2) is 9.78 Å². The van der Waals surface area contributed by atoms with Gasteiger partial charge in [-0.05, 0) is 30.7 Å². The fraction of sp³-hybridized carbons (Fsp3) is 0.0769. The Balaban J connectivity index is 2.66. The molecule has 19 heavy (non-hydrogen) atoms. The van der Waals surface area contributed by atoms with Gasteiger partial charge in [0.1, 0.15) is 0 Å². The number of halogens is 2. The summed E-state index contributed by atoms with van der Waals surface area (Å²) in [4.78, 5) is 15.1. The molecular formula is C13H10Cl2N2O2. The molecule has 0 bridgehead atoms. The van der Waals surface area contributed by atoms with Gasteiger partial charge in [-0.1, -0.05) is 29.3 Å². The number of carboxylic acids is 1. The lowest BCUT2D eigenvalue weighted by Gasteiger charge is -2.09. The van der Waals surface area contributed by atoms with Crippen LogP contribution in [-0.2, 0) is 0 Å². The normalized spacial score (nSPS) is 10.5. The molecule has 98 valence electrons. The SMILES string of the molecule is Cc1cc(Cl)ccc1-c1cc(N)c(Cl)c(C(=O)O)n1. The lowest BCUT2D eigenvalue weighted by molar-refractivity contribution is 0.0691. The zero-order valence-electron chi connectivity index (χ0n) is 9.95. The van der Waals surface area contributed by atoms with E-state index < -0.39 is 5.97 Å². The summed E-state index contributed by atoms with van der Waals surface area (Å²) in [6.07, 6.45) is 0. The molecule has 2 rings (SSSR count). The van der Waals surface area contributed by atoms with Crippen molar-refractivity contribution in [3.63, 3.8) is 0 Å². The fourth-order valence-electron chi connectivity index (χ4n) is 1.74. The Morgan fingerprint density at radius 2 is 2.00 bits per heavy atom. The van der Waals surface area contributed by atoms with E-state index in [1.807, 2.05) is 6.92 Å².